The highest BCUT2D eigenvalue weighted by molar-refractivity contribution is 7.10. The van der Waals surface area contributed by atoms with E-state index >= 15 is 0 Å². The molecule has 1 aliphatic rings. The Morgan fingerprint density at radius 1 is 1.10 bits per heavy atom. The number of halogens is 2. The van der Waals surface area contributed by atoms with Gasteiger partial charge in [-0.2, -0.15) is 0 Å². The monoisotopic (exact) mass is 441 g/mol. The molecular formula is C23H17F2NO4S. The van der Waals surface area contributed by atoms with E-state index in [9.17, 15) is 23.5 Å². The molecule has 1 amide bonds. The van der Waals surface area contributed by atoms with Crippen molar-refractivity contribution in [1.82, 2.24) is 0 Å². The average molecular weight is 441 g/mol. The second kappa shape index (κ2) is 7.96. The zero-order valence-corrected chi connectivity index (χ0v) is 17.4. The van der Waals surface area contributed by atoms with Crippen molar-refractivity contribution < 1.29 is 28.2 Å². The molecule has 1 aromatic heterocycles. The van der Waals surface area contributed by atoms with Crippen LogP contribution in [-0.2, 0) is 9.59 Å². The quantitative estimate of drug-likeness (QED) is 0.353. The Hall–Kier alpha value is -3.52. The SMILES string of the molecule is COc1ccc(C)cc1/C(O)=C1/C(=O)C(=O)N(c2ccc(F)c(F)c2)C1c1cccs1. The van der Waals surface area contributed by atoms with E-state index in [2.05, 4.69) is 0 Å². The number of methoxy groups -OCH3 is 1. The number of rotatable bonds is 4. The second-order valence-electron chi connectivity index (χ2n) is 6.99. The van der Waals surface area contributed by atoms with Crippen molar-refractivity contribution in [3.05, 3.63) is 87.1 Å². The van der Waals surface area contributed by atoms with Gasteiger partial charge in [-0.25, -0.2) is 8.78 Å². The molecule has 1 N–H and O–H groups in total. The van der Waals surface area contributed by atoms with Crippen molar-refractivity contribution in [2.24, 2.45) is 0 Å². The molecule has 1 fully saturated rings. The van der Waals surface area contributed by atoms with E-state index in [0.29, 0.717) is 10.6 Å². The van der Waals surface area contributed by atoms with Crippen LogP contribution in [0.15, 0.2) is 59.5 Å². The first kappa shape index (κ1) is 20.7. The average Bonchev–Trinajstić information content (AvgIpc) is 3.37. The second-order valence-corrected chi connectivity index (χ2v) is 7.97. The molecule has 1 unspecified atom stereocenters. The fourth-order valence-electron chi connectivity index (χ4n) is 3.60. The number of anilines is 1. The van der Waals surface area contributed by atoms with Gasteiger partial charge in [0.2, 0.25) is 0 Å². The molecule has 5 nitrogen and oxygen atoms in total. The molecule has 3 aromatic rings. The number of amides is 1. The Bertz CT molecular complexity index is 1220. The van der Waals surface area contributed by atoms with Gasteiger partial charge in [0.25, 0.3) is 11.7 Å². The number of carbonyl (C=O) groups is 2. The van der Waals surface area contributed by atoms with Crippen LogP contribution in [0.1, 0.15) is 22.0 Å². The zero-order valence-electron chi connectivity index (χ0n) is 16.6. The lowest BCUT2D eigenvalue weighted by Gasteiger charge is -2.24. The number of thiophene rings is 1. The first-order valence-corrected chi connectivity index (χ1v) is 10.2. The van der Waals surface area contributed by atoms with Crippen LogP contribution in [0.3, 0.4) is 0 Å². The Kier molecular flexibility index (Phi) is 5.32. The summed E-state index contributed by atoms with van der Waals surface area (Å²) in [5, 5.41) is 12.9. The van der Waals surface area contributed by atoms with Gasteiger partial charge in [-0.1, -0.05) is 17.7 Å². The summed E-state index contributed by atoms with van der Waals surface area (Å²) < 4.78 is 32.7. The maximum absolute atomic E-state index is 13.9. The van der Waals surface area contributed by atoms with Gasteiger partial charge in [-0.3, -0.25) is 14.5 Å². The van der Waals surface area contributed by atoms with Crippen LogP contribution in [0, 0.1) is 18.6 Å². The normalized spacial score (nSPS) is 17.9. The van der Waals surface area contributed by atoms with Crippen LogP contribution in [-0.4, -0.2) is 23.9 Å². The summed E-state index contributed by atoms with van der Waals surface area (Å²) in [5.74, 6) is -4.17. The van der Waals surface area contributed by atoms with Crippen molar-refractivity contribution in [3.63, 3.8) is 0 Å². The maximum Gasteiger partial charge on any atom is 0.300 e. The number of ketones is 1. The topological polar surface area (TPSA) is 66.8 Å². The Morgan fingerprint density at radius 2 is 1.87 bits per heavy atom. The smallest absolute Gasteiger partial charge is 0.300 e. The molecule has 31 heavy (non-hydrogen) atoms. The molecule has 4 rings (SSSR count). The van der Waals surface area contributed by atoms with Crippen LogP contribution in [0.4, 0.5) is 14.5 Å². The lowest BCUT2D eigenvalue weighted by atomic mass is 9.98. The van der Waals surface area contributed by atoms with Crippen LogP contribution in [0.2, 0.25) is 0 Å². The van der Waals surface area contributed by atoms with E-state index in [1.165, 1.54) is 24.5 Å². The number of aryl methyl sites for hydroxylation is 1. The van der Waals surface area contributed by atoms with Crippen molar-refractivity contribution in [3.8, 4) is 5.75 Å². The highest BCUT2D eigenvalue weighted by Gasteiger charge is 2.47. The highest BCUT2D eigenvalue weighted by atomic mass is 32.1. The van der Waals surface area contributed by atoms with E-state index in [1.807, 2.05) is 6.92 Å². The fourth-order valence-corrected chi connectivity index (χ4v) is 4.43. The van der Waals surface area contributed by atoms with E-state index in [-0.39, 0.29) is 16.8 Å². The predicted octanol–water partition coefficient (Wildman–Crippen LogP) is 4.97. The summed E-state index contributed by atoms with van der Waals surface area (Å²) in [6, 6.07) is 10.5. The Balaban J connectivity index is 1.97. The molecule has 1 aliphatic heterocycles. The molecule has 158 valence electrons. The van der Waals surface area contributed by atoms with Crippen LogP contribution in [0.25, 0.3) is 5.76 Å². The van der Waals surface area contributed by atoms with Crippen molar-refractivity contribution in [1.29, 1.82) is 0 Å². The van der Waals surface area contributed by atoms with E-state index < -0.39 is 35.1 Å². The van der Waals surface area contributed by atoms with Crippen LogP contribution < -0.4 is 9.64 Å². The minimum atomic E-state index is -1.15. The molecule has 0 spiro atoms. The molecule has 0 bridgehead atoms. The number of aliphatic hydroxyl groups excluding tert-OH is 1. The van der Waals surface area contributed by atoms with Gasteiger partial charge in [-0.05, 0) is 42.6 Å². The first-order valence-electron chi connectivity index (χ1n) is 9.28. The summed E-state index contributed by atoms with van der Waals surface area (Å²) in [7, 11) is 1.43. The van der Waals surface area contributed by atoms with Crippen LogP contribution in [0.5, 0.6) is 5.75 Å². The number of carbonyl (C=O) groups excluding carboxylic acids is 2. The molecular weight excluding hydrogens is 424 g/mol. The van der Waals surface area contributed by atoms with E-state index in [0.717, 1.165) is 22.6 Å². The number of Topliss-reactive ketones (excluding diaryl/α,β-unsaturated/α-hetero) is 1. The maximum atomic E-state index is 13.9. The standard InChI is InChI=1S/C23H17F2NO4S/c1-12-5-8-17(30-2)14(10-12)21(27)19-20(18-4-3-9-31-18)26(23(29)22(19)28)13-6-7-15(24)16(25)11-13/h3-11,20,27H,1-2H3/b21-19-. The molecule has 8 heteroatoms. The van der Waals surface area contributed by atoms with E-state index in [4.69, 9.17) is 4.74 Å². The van der Waals surface area contributed by atoms with Gasteiger partial charge in [-0.15, -0.1) is 11.3 Å². The summed E-state index contributed by atoms with van der Waals surface area (Å²) in [5.41, 5.74) is 0.924. The molecule has 0 radical (unpaired) electrons. The summed E-state index contributed by atoms with van der Waals surface area (Å²) in [4.78, 5) is 27.7. The van der Waals surface area contributed by atoms with Gasteiger partial charge < -0.3 is 9.84 Å². The van der Waals surface area contributed by atoms with Gasteiger partial charge in [0.1, 0.15) is 17.6 Å². The Morgan fingerprint density at radius 3 is 2.52 bits per heavy atom. The van der Waals surface area contributed by atoms with Gasteiger partial charge in [0.15, 0.2) is 11.6 Å². The van der Waals surface area contributed by atoms with Gasteiger partial charge in [0, 0.05) is 16.6 Å². The lowest BCUT2D eigenvalue weighted by molar-refractivity contribution is -0.132. The van der Waals surface area contributed by atoms with Gasteiger partial charge >= 0.3 is 0 Å². The summed E-state index contributed by atoms with van der Waals surface area (Å²) >= 11 is 1.27. The molecule has 2 aromatic carbocycles. The number of nitrogens with zero attached hydrogens (tertiary/aromatic N) is 1. The minimum Gasteiger partial charge on any atom is -0.507 e. The minimum absolute atomic E-state index is 0.00894. The fraction of sp³-hybridized carbons (Fsp3) is 0.130. The highest BCUT2D eigenvalue weighted by Crippen LogP contribution is 2.44. The number of hydrogen-bond donors (Lipinski definition) is 1. The third-order valence-corrected chi connectivity index (χ3v) is 5.97. The number of benzene rings is 2. The zero-order chi connectivity index (χ0) is 22.3. The molecule has 1 saturated heterocycles. The number of ether oxygens (including phenoxy) is 1. The summed E-state index contributed by atoms with van der Waals surface area (Å²) in [6.07, 6.45) is 0. The van der Waals surface area contributed by atoms with Crippen LogP contribution >= 0.6 is 11.3 Å². The van der Waals surface area contributed by atoms with E-state index in [1.54, 1.807) is 35.7 Å². The van der Waals surface area contributed by atoms with Crippen molar-refractivity contribution in [2.75, 3.05) is 12.0 Å². The third kappa shape index (κ3) is 3.48. The molecule has 1 atom stereocenters. The predicted molar refractivity (Wildman–Crippen MR) is 113 cm³/mol. The van der Waals surface area contributed by atoms with Crippen molar-refractivity contribution in [2.45, 2.75) is 13.0 Å². The number of aliphatic hydroxyl groups is 1. The summed E-state index contributed by atoms with van der Waals surface area (Å²) in [6.45, 7) is 1.81. The lowest BCUT2D eigenvalue weighted by Crippen LogP contribution is -2.29. The van der Waals surface area contributed by atoms with Gasteiger partial charge in [0.05, 0.1) is 18.2 Å². The first-order chi connectivity index (χ1) is 14.8. The largest absolute Gasteiger partial charge is 0.507 e. The number of hydrogen-bond acceptors (Lipinski definition) is 5. The molecule has 0 aliphatic carbocycles. The molecule has 0 saturated carbocycles. The van der Waals surface area contributed by atoms with Crippen molar-refractivity contribution >= 4 is 34.5 Å². The third-order valence-electron chi connectivity index (χ3n) is 5.05. The molecule has 2 heterocycles. The Labute approximate surface area is 180 Å².